The zero-order valence-electron chi connectivity index (χ0n) is 14.8. The predicted octanol–water partition coefficient (Wildman–Crippen LogP) is 4.30. The predicted molar refractivity (Wildman–Crippen MR) is 105 cm³/mol. The van der Waals surface area contributed by atoms with E-state index in [1.165, 1.54) is 11.3 Å². The number of carbonyl (C=O) groups is 1. The van der Waals surface area contributed by atoms with Crippen molar-refractivity contribution in [2.24, 2.45) is 0 Å². The highest BCUT2D eigenvalue weighted by atomic mass is 32.1. The molecule has 1 aliphatic rings. The molecule has 3 aromatic heterocycles. The number of amides is 1. The summed E-state index contributed by atoms with van der Waals surface area (Å²) in [6, 6.07) is 5.78. The van der Waals surface area contributed by atoms with Gasteiger partial charge < -0.3 is 4.90 Å². The van der Waals surface area contributed by atoms with Crippen LogP contribution < -0.4 is 0 Å². The largest absolute Gasteiger partial charge is 0.338 e. The molecule has 0 N–H and O–H groups in total. The molecule has 134 valence electrons. The molecular formula is C19H20N4OS2. The number of thiazole rings is 1. The van der Waals surface area contributed by atoms with Crippen LogP contribution in [-0.2, 0) is 0 Å². The number of nitrogens with zero attached hydrogens (tertiary/aromatic N) is 4. The van der Waals surface area contributed by atoms with Crippen LogP contribution in [0.25, 0.3) is 10.6 Å². The van der Waals surface area contributed by atoms with E-state index >= 15 is 0 Å². The van der Waals surface area contributed by atoms with Gasteiger partial charge in [-0.05, 0) is 44.2 Å². The summed E-state index contributed by atoms with van der Waals surface area (Å²) in [4.78, 5) is 29.9. The zero-order valence-corrected chi connectivity index (χ0v) is 16.4. The lowest BCUT2D eigenvalue weighted by molar-refractivity contribution is 0.0718. The smallest absolute Gasteiger partial charge is 0.263 e. The Morgan fingerprint density at radius 1 is 1.19 bits per heavy atom. The summed E-state index contributed by atoms with van der Waals surface area (Å²) < 4.78 is 0. The number of carbonyl (C=O) groups excluding carboxylic acids is 1. The Hall–Kier alpha value is -2.12. The first-order valence-electron chi connectivity index (χ1n) is 8.72. The average molecular weight is 385 g/mol. The molecule has 7 heteroatoms. The van der Waals surface area contributed by atoms with Crippen molar-refractivity contribution >= 4 is 28.6 Å². The van der Waals surface area contributed by atoms with Gasteiger partial charge in [-0.3, -0.25) is 4.79 Å². The molecule has 0 unspecified atom stereocenters. The number of rotatable bonds is 3. The van der Waals surface area contributed by atoms with Gasteiger partial charge in [-0.1, -0.05) is 6.07 Å². The average Bonchev–Trinajstić information content (AvgIpc) is 3.31. The molecule has 0 bridgehead atoms. The number of hydrogen-bond donors (Lipinski definition) is 0. The minimum Gasteiger partial charge on any atom is -0.338 e. The van der Waals surface area contributed by atoms with E-state index in [1.807, 2.05) is 42.3 Å². The second kappa shape index (κ2) is 7.25. The second-order valence-corrected chi connectivity index (χ2v) is 8.48. The Morgan fingerprint density at radius 3 is 2.69 bits per heavy atom. The fourth-order valence-electron chi connectivity index (χ4n) is 3.30. The Labute approximate surface area is 160 Å². The molecule has 0 spiro atoms. The molecule has 0 saturated carbocycles. The van der Waals surface area contributed by atoms with Gasteiger partial charge in [0, 0.05) is 25.2 Å². The highest BCUT2D eigenvalue weighted by molar-refractivity contribution is 7.15. The van der Waals surface area contributed by atoms with Crippen molar-refractivity contribution in [2.45, 2.75) is 32.6 Å². The molecule has 1 saturated heterocycles. The summed E-state index contributed by atoms with van der Waals surface area (Å²) in [5.74, 6) is 1.35. The molecule has 1 amide bonds. The van der Waals surface area contributed by atoms with E-state index in [9.17, 15) is 4.79 Å². The van der Waals surface area contributed by atoms with Crippen molar-refractivity contribution in [2.75, 3.05) is 13.1 Å². The van der Waals surface area contributed by atoms with Gasteiger partial charge in [0.05, 0.1) is 26.1 Å². The molecule has 1 fully saturated rings. The standard InChI is InChI=1S/C19H20N4OS2/c1-12-17(15-5-8-20-13(2)22-15)26-18(21-12)14-6-9-23(10-7-14)19(24)16-4-3-11-25-16/h3-5,8,11,14H,6-7,9-10H2,1-2H3. The molecule has 0 aliphatic carbocycles. The van der Waals surface area contributed by atoms with Crippen LogP contribution in [0.5, 0.6) is 0 Å². The SMILES string of the molecule is Cc1nccc(-c2sc(C3CCN(C(=O)c4cccs4)CC3)nc2C)n1. The van der Waals surface area contributed by atoms with Crippen LogP contribution in [0.2, 0.25) is 0 Å². The lowest BCUT2D eigenvalue weighted by Crippen LogP contribution is -2.37. The summed E-state index contributed by atoms with van der Waals surface area (Å²) in [7, 11) is 0. The zero-order chi connectivity index (χ0) is 18.1. The summed E-state index contributed by atoms with van der Waals surface area (Å²) in [5.41, 5.74) is 1.98. The molecular weight excluding hydrogens is 364 g/mol. The Kier molecular flexibility index (Phi) is 4.82. The van der Waals surface area contributed by atoms with Gasteiger partial charge in [0.25, 0.3) is 5.91 Å². The number of aromatic nitrogens is 3. The van der Waals surface area contributed by atoms with Crippen LogP contribution in [0.3, 0.4) is 0 Å². The van der Waals surface area contributed by atoms with E-state index in [0.29, 0.717) is 5.92 Å². The van der Waals surface area contributed by atoms with Crippen molar-refractivity contribution < 1.29 is 4.79 Å². The van der Waals surface area contributed by atoms with Crippen LogP contribution >= 0.6 is 22.7 Å². The quantitative estimate of drug-likeness (QED) is 0.676. The molecule has 4 rings (SSSR count). The number of aryl methyl sites for hydroxylation is 2. The maximum absolute atomic E-state index is 12.5. The Balaban J connectivity index is 1.47. The maximum atomic E-state index is 12.5. The summed E-state index contributed by atoms with van der Waals surface area (Å²) in [6.07, 6.45) is 3.73. The van der Waals surface area contributed by atoms with E-state index in [4.69, 9.17) is 4.98 Å². The topological polar surface area (TPSA) is 59.0 Å². The lowest BCUT2D eigenvalue weighted by Gasteiger charge is -2.30. The van der Waals surface area contributed by atoms with Gasteiger partial charge >= 0.3 is 0 Å². The van der Waals surface area contributed by atoms with Crippen LogP contribution in [0.15, 0.2) is 29.8 Å². The Morgan fingerprint density at radius 2 is 2.00 bits per heavy atom. The fourth-order valence-corrected chi connectivity index (χ4v) is 5.19. The lowest BCUT2D eigenvalue weighted by atomic mass is 9.97. The van der Waals surface area contributed by atoms with E-state index in [1.54, 1.807) is 17.5 Å². The Bertz CT molecular complexity index is 912. The van der Waals surface area contributed by atoms with Gasteiger partial charge in [-0.15, -0.1) is 22.7 Å². The molecule has 4 heterocycles. The van der Waals surface area contributed by atoms with Crippen LogP contribution in [0.4, 0.5) is 0 Å². The third-order valence-electron chi connectivity index (χ3n) is 4.69. The van der Waals surface area contributed by atoms with Gasteiger partial charge in [-0.2, -0.15) is 0 Å². The first-order valence-corrected chi connectivity index (χ1v) is 10.4. The number of thiophene rings is 1. The summed E-state index contributed by atoms with van der Waals surface area (Å²) >= 11 is 3.24. The normalized spacial score (nSPS) is 15.4. The molecule has 1 aliphatic heterocycles. The summed E-state index contributed by atoms with van der Waals surface area (Å²) in [5, 5.41) is 3.12. The highest BCUT2D eigenvalue weighted by Gasteiger charge is 2.27. The van der Waals surface area contributed by atoms with Gasteiger partial charge in [0.15, 0.2) is 0 Å². The van der Waals surface area contributed by atoms with E-state index in [-0.39, 0.29) is 5.91 Å². The van der Waals surface area contributed by atoms with E-state index in [2.05, 4.69) is 9.97 Å². The van der Waals surface area contributed by atoms with Crippen LogP contribution in [0.1, 0.15) is 45.0 Å². The minimum absolute atomic E-state index is 0.158. The number of hydrogen-bond acceptors (Lipinski definition) is 6. The number of likely N-dealkylation sites (tertiary alicyclic amines) is 1. The number of piperidine rings is 1. The van der Waals surface area contributed by atoms with Crippen molar-refractivity contribution in [3.63, 3.8) is 0 Å². The third kappa shape index (κ3) is 3.41. The van der Waals surface area contributed by atoms with Crippen LogP contribution in [-0.4, -0.2) is 38.8 Å². The third-order valence-corrected chi connectivity index (χ3v) is 6.89. The highest BCUT2D eigenvalue weighted by Crippen LogP contribution is 2.36. The van der Waals surface area contributed by atoms with E-state index < -0.39 is 0 Å². The van der Waals surface area contributed by atoms with Crippen molar-refractivity contribution in [1.29, 1.82) is 0 Å². The second-order valence-electron chi connectivity index (χ2n) is 6.50. The first kappa shape index (κ1) is 17.3. The van der Waals surface area contributed by atoms with E-state index in [0.717, 1.165) is 57.9 Å². The minimum atomic E-state index is 0.158. The summed E-state index contributed by atoms with van der Waals surface area (Å²) in [6.45, 7) is 5.54. The van der Waals surface area contributed by atoms with Crippen LogP contribution in [0, 0.1) is 13.8 Å². The van der Waals surface area contributed by atoms with Crippen molar-refractivity contribution in [3.8, 4) is 10.6 Å². The molecule has 3 aromatic rings. The monoisotopic (exact) mass is 384 g/mol. The molecule has 5 nitrogen and oxygen atoms in total. The molecule has 0 atom stereocenters. The van der Waals surface area contributed by atoms with Crippen molar-refractivity contribution in [3.05, 3.63) is 51.2 Å². The van der Waals surface area contributed by atoms with Gasteiger partial charge in [0.2, 0.25) is 0 Å². The van der Waals surface area contributed by atoms with Crippen molar-refractivity contribution in [1.82, 2.24) is 19.9 Å². The first-order chi connectivity index (χ1) is 12.6. The molecule has 26 heavy (non-hydrogen) atoms. The molecule has 0 radical (unpaired) electrons. The maximum Gasteiger partial charge on any atom is 0.263 e. The van der Waals surface area contributed by atoms with Gasteiger partial charge in [-0.25, -0.2) is 15.0 Å². The molecule has 0 aromatic carbocycles. The van der Waals surface area contributed by atoms with Gasteiger partial charge in [0.1, 0.15) is 5.82 Å². The fraction of sp³-hybridized carbons (Fsp3) is 0.368.